The number of nitrogens with zero attached hydrogens (tertiary/aromatic N) is 3. The molecule has 0 amide bonds. The van der Waals surface area contributed by atoms with E-state index < -0.39 is 5.82 Å². The van der Waals surface area contributed by atoms with Crippen LogP contribution in [0.3, 0.4) is 0 Å². The summed E-state index contributed by atoms with van der Waals surface area (Å²) in [6.07, 6.45) is 1.75. The zero-order chi connectivity index (χ0) is 15.1. The lowest BCUT2D eigenvalue weighted by atomic mass is 10.2. The smallest absolute Gasteiger partial charge is 0.144 e. The third kappa shape index (κ3) is 2.54. The van der Waals surface area contributed by atoms with Crippen LogP contribution in [-0.2, 0) is 0 Å². The van der Waals surface area contributed by atoms with Crippen molar-refractivity contribution < 1.29 is 4.39 Å². The molecule has 0 saturated carbocycles. The first-order chi connectivity index (χ1) is 9.99. The number of halogens is 3. The molecule has 3 aromatic rings. The third-order valence-corrected chi connectivity index (χ3v) is 4.74. The Balaban J connectivity index is 2.27. The highest BCUT2D eigenvalue weighted by Crippen LogP contribution is 2.33. The van der Waals surface area contributed by atoms with Gasteiger partial charge < -0.3 is 4.57 Å². The second kappa shape index (κ2) is 5.55. The van der Waals surface area contributed by atoms with E-state index in [-0.39, 0.29) is 16.4 Å². The van der Waals surface area contributed by atoms with E-state index >= 15 is 0 Å². The van der Waals surface area contributed by atoms with Gasteiger partial charge in [0.15, 0.2) is 0 Å². The Morgan fingerprint density at radius 1 is 1.33 bits per heavy atom. The van der Waals surface area contributed by atoms with Crippen molar-refractivity contribution in [2.24, 2.45) is 0 Å². The van der Waals surface area contributed by atoms with Gasteiger partial charge in [0.25, 0.3) is 0 Å². The van der Waals surface area contributed by atoms with Crippen LogP contribution in [0.15, 0.2) is 23.7 Å². The minimum atomic E-state index is -0.467. The fourth-order valence-corrected chi connectivity index (χ4v) is 3.34. The molecule has 1 aromatic carbocycles. The van der Waals surface area contributed by atoms with Crippen LogP contribution in [0, 0.1) is 5.82 Å². The molecule has 7 heteroatoms. The van der Waals surface area contributed by atoms with Crippen LogP contribution in [0.1, 0.15) is 36.1 Å². The highest BCUT2D eigenvalue weighted by atomic mass is 35.5. The fourth-order valence-electron chi connectivity index (χ4n) is 2.35. The molecule has 21 heavy (non-hydrogen) atoms. The van der Waals surface area contributed by atoms with Crippen molar-refractivity contribution in [1.29, 1.82) is 0 Å². The molecular weight excluding hydrogens is 332 g/mol. The number of imidazole rings is 1. The second-order valence-corrected chi connectivity index (χ2v) is 6.75. The SMILES string of the molecule is CC(Cl)c1nc2cc(Cl)c(F)cc2n1C(C)c1nccs1. The first-order valence-corrected chi connectivity index (χ1v) is 8.08. The van der Waals surface area contributed by atoms with Gasteiger partial charge in [-0.05, 0) is 19.9 Å². The molecule has 0 N–H and O–H groups in total. The van der Waals surface area contributed by atoms with Gasteiger partial charge in [0.2, 0.25) is 0 Å². The number of hydrogen-bond acceptors (Lipinski definition) is 3. The van der Waals surface area contributed by atoms with E-state index in [1.54, 1.807) is 17.5 Å². The minimum Gasteiger partial charge on any atom is -0.317 e. The number of hydrogen-bond donors (Lipinski definition) is 0. The summed E-state index contributed by atoms with van der Waals surface area (Å²) in [5, 5.41) is 2.58. The molecule has 0 fully saturated rings. The quantitative estimate of drug-likeness (QED) is 0.612. The van der Waals surface area contributed by atoms with E-state index in [2.05, 4.69) is 9.97 Å². The molecule has 2 heterocycles. The molecule has 0 spiro atoms. The van der Waals surface area contributed by atoms with Crippen LogP contribution in [0.5, 0.6) is 0 Å². The first-order valence-electron chi connectivity index (χ1n) is 6.39. The van der Waals surface area contributed by atoms with Crippen molar-refractivity contribution in [3.63, 3.8) is 0 Å². The summed E-state index contributed by atoms with van der Waals surface area (Å²) in [5.41, 5.74) is 1.30. The maximum atomic E-state index is 13.8. The molecule has 0 bridgehead atoms. The van der Waals surface area contributed by atoms with E-state index in [0.717, 1.165) is 5.01 Å². The van der Waals surface area contributed by atoms with Gasteiger partial charge in [0.1, 0.15) is 16.6 Å². The Morgan fingerprint density at radius 3 is 2.71 bits per heavy atom. The molecular formula is C14H12Cl2FN3S. The van der Waals surface area contributed by atoms with E-state index in [4.69, 9.17) is 23.2 Å². The maximum Gasteiger partial charge on any atom is 0.144 e. The summed E-state index contributed by atoms with van der Waals surface area (Å²) in [4.78, 5) is 8.83. The van der Waals surface area contributed by atoms with Crippen LogP contribution in [0.2, 0.25) is 5.02 Å². The Bertz CT molecular complexity index is 783. The summed E-state index contributed by atoms with van der Waals surface area (Å²) in [6.45, 7) is 3.83. The van der Waals surface area contributed by atoms with Gasteiger partial charge >= 0.3 is 0 Å². The molecule has 110 valence electrons. The van der Waals surface area contributed by atoms with Gasteiger partial charge in [-0.1, -0.05) is 11.6 Å². The summed E-state index contributed by atoms with van der Waals surface area (Å²) in [7, 11) is 0. The molecule has 0 aliphatic heterocycles. The Hall–Kier alpha value is -1.17. The van der Waals surface area contributed by atoms with Crippen molar-refractivity contribution >= 4 is 45.6 Å². The van der Waals surface area contributed by atoms with Crippen LogP contribution in [0.25, 0.3) is 11.0 Å². The molecule has 3 nitrogen and oxygen atoms in total. The Kier molecular flexibility index (Phi) is 3.90. The zero-order valence-corrected chi connectivity index (χ0v) is 13.7. The van der Waals surface area contributed by atoms with Crippen LogP contribution in [-0.4, -0.2) is 14.5 Å². The minimum absolute atomic E-state index is 0.0582. The van der Waals surface area contributed by atoms with Crippen molar-refractivity contribution in [1.82, 2.24) is 14.5 Å². The van der Waals surface area contributed by atoms with Crippen molar-refractivity contribution in [2.75, 3.05) is 0 Å². The van der Waals surface area contributed by atoms with Gasteiger partial charge in [-0.3, -0.25) is 0 Å². The van der Waals surface area contributed by atoms with Crippen molar-refractivity contribution in [3.05, 3.63) is 45.4 Å². The molecule has 0 saturated heterocycles. The third-order valence-electron chi connectivity index (χ3n) is 3.31. The molecule has 0 radical (unpaired) electrons. The van der Waals surface area contributed by atoms with Crippen molar-refractivity contribution in [3.8, 4) is 0 Å². The number of benzene rings is 1. The lowest BCUT2D eigenvalue weighted by Crippen LogP contribution is -2.11. The highest BCUT2D eigenvalue weighted by Gasteiger charge is 2.22. The summed E-state index contributed by atoms with van der Waals surface area (Å²) >= 11 is 13.6. The van der Waals surface area contributed by atoms with E-state index in [0.29, 0.717) is 16.9 Å². The van der Waals surface area contributed by atoms with Crippen LogP contribution < -0.4 is 0 Å². The molecule has 2 aromatic heterocycles. The number of aromatic nitrogens is 3. The average Bonchev–Trinajstić information content (AvgIpc) is 3.06. The predicted molar refractivity (Wildman–Crippen MR) is 84.9 cm³/mol. The van der Waals surface area contributed by atoms with E-state index in [1.807, 2.05) is 23.8 Å². The molecule has 0 aliphatic rings. The maximum absolute atomic E-state index is 13.8. The van der Waals surface area contributed by atoms with Gasteiger partial charge in [-0.2, -0.15) is 0 Å². The predicted octanol–water partition coefficient (Wildman–Crippen LogP) is 5.19. The Morgan fingerprint density at radius 2 is 2.10 bits per heavy atom. The summed E-state index contributed by atoms with van der Waals surface area (Å²) in [5.74, 6) is 0.210. The van der Waals surface area contributed by atoms with Crippen LogP contribution in [0.4, 0.5) is 4.39 Å². The fraction of sp³-hybridized carbons (Fsp3) is 0.286. The van der Waals surface area contributed by atoms with Gasteiger partial charge in [0, 0.05) is 17.6 Å². The largest absolute Gasteiger partial charge is 0.317 e. The topological polar surface area (TPSA) is 30.7 Å². The van der Waals surface area contributed by atoms with Crippen LogP contribution >= 0.6 is 34.5 Å². The molecule has 2 unspecified atom stereocenters. The van der Waals surface area contributed by atoms with Gasteiger partial charge in [-0.15, -0.1) is 22.9 Å². The number of alkyl halides is 1. The zero-order valence-electron chi connectivity index (χ0n) is 11.3. The summed E-state index contributed by atoms with van der Waals surface area (Å²) < 4.78 is 15.7. The van der Waals surface area contributed by atoms with Gasteiger partial charge in [0.05, 0.1) is 27.5 Å². The average molecular weight is 344 g/mol. The Labute approximate surface area is 135 Å². The van der Waals surface area contributed by atoms with Gasteiger partial charge in [-0.25, -0.2) is 14.4 Å². The lowest BCUT2D eigenvalue weighted by molar-refractivity contribution is 0.607. The van der Waals surface area contributed by atoms with E-state index in [9.17, 15) is 4.39 Å². The normalized spacial score (nSPS) is 14.5. The standard InChI is InChI=1S/C14H12Cl2FN3S/c1-7(15)13-19-11-5-9(16)10(17)6-12(11)20(13)8(2)14-18-3-4-21-14/h3-8H,1-2H3. The monoisotopic (exact) mass is 343 g/mol. The molecule has 0 aliphatic carbocycles. The number of fused-ring (bicyclic) bond motifs is 1. The molecule has 2 atom stereocenters. The highest BCUT2D eigenvalue weighted by molar-refractivity contribution is 7.09. The lowest BCUT2D eigenvalue weighted by Gasteiger charge is -2.16. The number of rotatable bonds is 3. The summed E-state index contributed by atoms with van der Waals surface area (Å²) in [6, 6.07) is 2.85. The number of thiazole rings is 1. The first kappa shape index (κ1) is 14.8. The second-order valence-electron chi connectivity index (χ2n) is 4.76. The van der Waals surface area contributed by atoms with Crippen molar-refractivity contribution in [2.45, 2.75) is 25.3 Å². The van der Waals surface area contributed by atoms with E-state index in [1.165, 1.54) is 12.1 Å². The molecule has 3 rings (SSSR count).